The number of hydroxylamine groups is 2. The zero-order valence-electron chi connectivity index (χ0n) is 21.5. The number of hydrogen-bond donors (Lipinski definition) is 2. The summed E-state index contributed by atoms with van der Waals surface area (Å²) in [5, 5.41) is 13.6. The maximum absolute atomic E-state index is 13.1. The monoisotopic (exact) mass is 503 g/mol. The number of thioether (sulfide) groups is 1. The summed E-state index contributed by atoms with van der Waals surface area (Å²) in [5.41, 5.74) is 1.87. The summed E-state index contributed by atoms with van der Waals surface area (Å²) in [6.45, 7) is 9.98. The van der Waals surface area contributed by atoms with Crippen molar-refractivity contribution in [3.63, 3.8) is 0 Å². The molecule has 1 aromatic carbocycles. The van der Waals surface area contributed by atoms with Gasteiger partial charge in [0.25, 0.3) is 0 Å². The molecule has 1 aliphatic carbocycles. The highest BCUT2D eigenvalue weighted by molar-refractivity contribution is 7.99. The first kappa shape index (κ1) is 27.5. The number of carbonyl (C=O) groups excluding carboxylic acids is 3. The third-order valence-electron chi connectivity index (χ3n) is 7.63. The quantitative estimate of drug-likeness (QED) is 0.255. The maximum Gasteiger partial charge on any atom is 0.241 e. The minimum absolute atomic E-state index is 0.0321. The van der Waals surface area contributed by atoms with Gasteiger partial charge >= 0.3 is 0 Å². The molecule has 7 nitrogen and oxygen atoms in total. The van der Waals surface area contributed by atoms with Crippen LogP contribution in [0.15, 0.2) is 24.3 Å². The van der Waals surface area contributed by atoms with Crippen molar-refractivity contribution in [1.29, 1.82) is 0 Å². The van der Waals surface area contributed by atoms with Crippen LogP contribution in [0, 0.1) is 17.3 Å². The lowest BCUT2D eigenvalue weighted by Gasteiger charge is -2.38. The highest BCUT2D eigenvalue weighted by atomic mass is 32.2. The minimum Gasteiger partial charge on any atom is -0.346 e. The summed E-state index contributed by atoms with van der Waals surface area (Å²) in [5.74, 6) is 1.50. The number of rotatable bonds is 12. The molecule has 0 radical (unpaired) electrons. The summed E-state index contributed by atoms with van der Waals surface area (Å²) < 4.78 is 0. The second kappa shape index (κ2) is 12.3. The first-order valence-electron chi connectivity index (χ1n) is 12.9. The van der Waals surface area contributed by atoms with Gasteiger partial charge in [-0.1, -0.05) is 58.4 Å². The van der Waals surface area contributed by atoms with Crippen molar-refractivity contribution in [3.05, 3.63) is 35.4 Å². The highest BCUT2D eigenvalue weighted by Gasteiger charge is 2.59. The van der Waals surface area contributed by atoms with Crippen LogP contribution in [0.5, 0.6) is 0 Å². The van der Waals surface area contributed by atoms with E-state index in [-0.39, 0.29) is 36.7 Å². The molecule has 3 unspecified atom stereocenters. The van der Waals surface area contributed by atoms with E-state index in [1.54, 1.807) is 0 Å². The van der Waals surface area contributed by atoms with Gasteiger partial charge in [0, 0.05) is 24.8 Å². The lowest BCUT2D eigenvalue weighted by atomic mass is 9.80. The van der Waals surface area contributed by atoms with Crippen molar-refractivity contribution in [2.24, 2.45) is 17.3 Å². The van der Waals surface area contributed by atoms with Crippen molar-refractivity contribution < 1.29 is 19.6 Å². The molecule has 1 aliphatic heterocycles. The van der Waals surface area contributed by atoms with E-state index in [1.807, 2.05) is 23.6 Å². The Morgan fingerprint density at radius 2 is 2.09 bits per heavy atom. The summed E-state index contributed by atoms with van der Waals surface area (Å²) in [4.78, 5) is 38.9. The Hall–Kier alpha value is -2.06. The van der Waals surface area contributed by atoms with Crippen LogP contribution < -0.4 is 5.32 Å². The number of carbonyl (C=O) groups is 3. The van der Waals surface area contributed by atoms with Crippen LogP contribution in [-0.2, 0) is 20.1 Å². The molecule has 3 amide bonds. The molecular formula is C27H41N3O4S. The van der Waals surface area contributed by atoms with E-state index in [9.17, 15) is 19.6 Å². The normalized spacial score (nSPS) is 25.9. The molecule has 0 aromatic heterocycles. The van der Waals surface area contributed by atoms with E-state index in [2.05, 4.69) is 50.4 Å². The predicted molar refractivity (Wildman–Crippen MR) is 139 cm³/mol. The lowest BCUT2D eigenvalue weighted by molar-refractivity contribution is -0.156. The second-order valence-electron chi connectivity index (χ2n) is 10.5. The largest absolute Gasteiger partial charge is 0.346 e. The SMILES string of the molecule is CCC[C@@H]1CC1(CN(O)C=O)C(=O)NCC(=O)N1CCC(C)C(c2ccccc2CSC(C)C)C1. The Morgan fingerprint density at radius 3 is 2.77 bits per heavy atom. The zero-order chi connectivity index (χ0) is 25.6. The number of piperidine rings is 1. The van der Waals surface area contributed by atoms with Crippen molar-refractivity contribution in [2.75, 3.05) is 26.2 Å². The van der Waals surface area contributed by atoms with Crippen molar-refractivity contribution in [3.8, 4) is 0 Å². The van der Waals surface area contributed by atoms with Gasteiger partial charge in [0.1, 0.15) is 0 Å². The number of benzene rings is 1. The molecule has 1 saturated heterocycles. The van der Waals surface area contributed by atoms with Crippen molar-refractivity contribution >= 4 is 30.0 Å². The van der Waals surface area contributed by atoms with Crippen LogP contribution in [0.2, 0.25) is 0 Å². The Morgan fingerprint density at radius 1 is 1.34 bits per heavy atom. The molecule has 1 aromatic rings. The Labute approximate surface area is 214 Å². The van der Waals surface area contributed by atoms with Gasteiger partial charge in [0.05, 0.1) is 18.5 Å². The number of nitrogens with one attached hydrogen (secondary N) is 1. The molecule has 1 saturated carbocycles. The molecule has 0 spiro atoms. The number of amides is 3. The molecule has 8 heteroatoms. The van der Waals surface area contributed by atoms with E-state index in [0.717, 1.165) is 25.0 Å². The topological polar surface area (TPSA) is 90.0 Å². The van der Waals surface area contributed by atoms with Crippen LogP contribution in [0.1, 0.15) is 70.4 Å². The van der Waals surface area contributed by atoms with Crippen LogP contribution in [0.4, 0.5) is 0 Å². The predicted octanol–water partition coefficient (Wildman–Crippen LogP) is 4.05. The van der Waals surface area contributed by atoms with Crippen LogP contribution >= 0.6 is 11.8 Å². The van der Waals surface area contributed by atoms with E-state index < -0.39 is 5.41 Å². The van der Waals surface area contributed by atoms with Crippen LogP contribution in [0.3, 0.4) is 0 Å². The number of likely N-dealkylation sites (tertiary alicyclic amines) is 1. The standard InChI is InChI=1S/C27H41N3O4S/c1-5-8-22-13-27(22,17-30(34)18-31)26(33)28-14-25(32)29-12-11-20(4)24(15-29)23-10-7-6-9-21(23)16-35-19(2)3/h6-7,9-10,18-20,22,24,34H,5,8,11-17H2,1-4H3,(H,28,33)/t20?,22-,24?,27?/m1/s1. The van der Waals surface area contributed by atoms with Crippen LogP contribution in [-0.4, -0.2) is 64.8 Å². The van der Waals surface area contributed by atoms with Gasteiger partial charge in [-0.05, 0) is 47.5 Å². The average Bonchev–Trinajstić information content (AvgIpc) is 3.54. The summed E-state index contributed by atoms with van der Waals surface area (Å²) in [7, 11) is 0. The first-order chi connectivity index (χ1) is 16.7. The van der Waals surface area contributed by atoms with Gasteiger partial charge in [-0.25, -0.2) is 5.06 Å². The number of nitrogens with zero attached hydrogens (tertiary/aromatic N) is 2. The van der Waals surface area contributed by atoms with Crippen molar-refractivity contribution in [1.82, 2.24) is 15.3 Å². The van der Waals surface area contributed by atoms with Gasteiger partial charge in [-0.2, -0.15) is 11.8 Å². The summed E-state index contributed by atoms with van der Waals surface area (Å²) in [6, 6.07) is 8.57. The van der Waals surface area contributed by atoms with E-state index in [1.165, 1.54) is 11.1 Å². The zero-order valence-corrected chi connectivity index (χ0v) is 22.4. The molecule has 2 N–H and O–H groups in total. The molecule has 2 aliphatic rings. The van der Waals surface area contributed by atoms with E-state index in [0.29, 0.717) is 42.2 Å². The highest BCUT2D eigenvalue weighted by Crippen LogP contribution is 2.55. The van der Waals surface area contributed by atoms with Gasteiger partial charge in [-0.15, -0.1) is 0 Å². The fourth-order valence-electron chi connectivity index (χ4n) is 5.41. The fourth-order valence-corrected chi connectivity index (χ4v) is 6.18. The van der Waals surface area contributed by atoms with Crippen molar-refractivity contribution in [2.45, 2.75) is 70.3 Å². The Kier molecular flexibility index (Phi) is 9.64. The Bertz CT molecular complexity index is 895. The van der Waals surface area contributed by atoms with Gasteiger partial charge in [-0.3, -0.25) is 19.6 Å². The smallest absolute Gasteiger partial charge is 0.241 e. The maximum atomic E-state index is 13.1. The second-order valence-corrected chi connectivity index (χ2v) is 12.1. The van der Waals surface area contributed by atoms with Gasteiger partial charge < -0.3 is 10.2 Å². The Balaban J connectivity index is 1.62. The van der Waals surface area contributed by atoms with Gasteiger partial charge in [0.2, 0.25) is 18.2 Å². The summed E-state index contributed by atoms with van der Waals surface area (Å²) in [6.07, 6.45) is 3.66. The molecule has 194 valence electrons. The van der Waals surface area contributed by atoms with Crippen LogP contribution in [0.25, 0.3) is 0 Å². The molecule has 4 atom stereocenters. The van der Waals surface area contributed by atoms with E-state index in [4.69, 9.17) is 0 Å². The minimum atomic E-state index is -0.794. The molecule has 1 heterocycles. The molecule has 0 bridgehead atoms. The number of hydrogen-bond acceptors (Lipinski definition) is 5. The molecular weight excluding hydrogens is 462 g/mol. The third-order valence-corrected chi connectivity index (χ3v) is 8.77. The van der Waals surface area contributed by atoms with E-state index >= 15 is 0 Å². The molecule has 35 heavy (non-hydrogen) atoms. The fraction of sp³-hybridized carbons (Fsp3) is 0.667. The molecule has 3 rings (SSSR count). The molecule has 2 fully saturated rings. The van der Waals surface area contributed by atoms with Gasteiger partial charge in [0.15, 0.2) is 0 Å². The first-order valence-corrected chi connectivity index (χ1v) is 13.9. The lowest BCUT2D eigenvalue weighted by Crippen LogP contribution is -2.48. The third kappa shape index (κ3) is 6.79. The average molecular weight is 504 g/mol. The summed E-state index contributed by atoms with van der Waals surface area (Å²) >= 11 is 1.93.